The van der Waals surface area contributed by atoms with Crippen molar-refractivity contribution >= 4 is 17.5 Å². The zero-order chi connectivity index (χ0) is 26.6. The van der Waals surface area contributed by atoms with Crippen LogP contribution in [0.5, 0.6) is 17.2 Å². The number of phenolic OH excluding ortho intramolecular Hbond substituents is 3. The number of aromatic hydroxyl groups is 3. The van der Waals surface area contributed by atoms with Gasteiger partial charge in [0, 0.05) is 23.7 Å². The molecule has 3 rings (SSSR count). The van der Waals surface area contributed by atoms with Gasteiger partial charge in [-0.25, -0.2) is 4.79 Å². The lowest BCUT2D eigenvalue weighted by Gasteiger charge is -2.25. The number of likely N-dealkylation sites (N-methyl/N-ethyl adjacent to an activating group) is 1. The Bertz CT molecular complexity index is 1130. The van der Waals surface area contributed by atoms with Gasteiger partial charge in [-0.05, 0) is 25.2 Å². The fraction of sp³-hybridized carbons (Fsp3) is 0.318. The van der Waals surface area contributed by atoms with Gasteiger partial charge in [0.1, 0.15) is 35.6 Å². The van der Waals surface area contributed by atoms with Crippen molar-refractivity contribution in [3.05, 3.63) is 52.1 Å². The zero-order valence-corrected chi connectivity index (χ0v) is 18.3. The average Bonchev–Trinajstić information content (AvgIpc) is 2.80. The lowest BCUT2D eigenvalue weighted by atomic mass is 9.82. The molecule has 0 saturated heterocycles. The van der Waals surface area contributed by atoms with E-state index in [9.17, 15) is 34.8 Å². The first-order valence-electron chi connectivity index (χ1n) is 10.1. The highest BCUT2D eigenvalue weighted by Gasteiger charge is 2.35. The molecule has 0 fully saturated rings. The van der Waals surface area contributed by atoms with Gasteiger partial charge in [-0.2, -0.15) is 0 Å². The van der Waals surface area contributed by atoms with Crippen LogP contribution in [0.4, 0.5) is 0 Å². The molecule has 0 radical (unpaired) electrons. The second-order valence-corrected chi connectivity index (χ2v) is 7.62. The Balaban J connectivity index is 0.000000287. The molecule has 2 aromatic rings. The van der Waals surface area contributed by atoms with Gasteiger partial charge in [-0.1, -0.05) is 0 Å². The van der Waals surface area contributed by atoms with Gasteiger partial charge in [0.2, 0.25) is 5.78 Å². The molecule has 0 amide bonds. The average molecular weight is 495 g/mol. The summed E-state index contributed by atoms with van der Waals surface area (Å²) in [6.07, 6.45) is -5.65. The fourth-order valence-corrected chi connectivity index (χ4v) is 3.36. The van der Waals surface area contributed by atoms with E-state index in [1.54, 1.807) is 7.05 Å². The quantitative estimate of drug-likeness (QED) is 0.169. The molecule has 4 unspecified atom stereocenters. The van der Waals surface area contributed by atoms with Crippen LogP contribution in [-0.2, 0) is 0 Å². The number of ketones is 2. The molecule has 0 bridgehead atoms. The minimum absolute atomic E-state index is 0.0936. The van der Waals surface area contributed by atoms with Crippen molar-refractivity contribution < 1.29 is 60.3 Å². The molecule has 190 valence electrons. The number of carbonyl (C=O) groups is 3. The molecule has 4 atom stereocenters. The van der Waals surface area contributed by atoms with Crippen LogP contribution in [0.1, 0.15) is 42.2 Å². The smallest absolute Gasteiger partial charge is 0.335 e. The van der Waals surface area contributed by atoms with Gasteiger partial charge in [-0.15, -0.1) is 0 Å². The molecule has 0 heterocycles. The normalized spacial score (nSPS) is 15.7. The summed E-state index contributed by atoms with van der Waals surface area (Å²) in [7, 11) is 1.57. The minimum atomic E-state index is -1.55. The maximum absolute atomic E-state index is 12.4. The number of phenols is 3. The summed E-state index contributed by atoms with van der Waals surface area (Å²) in [6.45, 7) is -0.569. The fourth-order valence-electron chi connectivity index (χ4n) is 3.36. The van der Waals surface area contributed by atoms with E-state index in [-0.39, 0.29) is 34.4 Å². The molecular formula is C22H25NO12. The standard InChI is InChI=1S/C15H8O7.C7H17NO5/c16-6-3-8-12(10(18)4-6)14(20)11-7(13(8)19)1-5(15(21)22)2-9(11)17;1-8-2-4(10)6(12)7(13)5(11)3-9/h1-4,16-18H,(H,21,22);4-13H,2-3H2,1H3. The summed E-state index contributed by atoms with van der Waals surface area (Å²) < 4.78 is 0. The van der Waals surface area contributed by atoms with Crippen molar-refractivity contribution in [3.63, 3.8) is 0 Å². The van der Waals surface area contributed by atoms with E-state index in [1.165, 1.54) is 0 Å². The molecule has 0 saturated carbocycles. The second kappa shape index (κ2) is 11.2. The van der Waals surface area contributed by atoms with Crippen molar-refractivity contribution in [1.82, 2.24) is 5.32 Å². The number of aromatic carboxylic acids is 1. The predicted octanol–water partition coefficient (Wildman–Crippen LogP) is -2.08. The highest BCUT2D eigenvalue weighted by molar-refractivity contribution is 6.30. The van der Waals surface area contributed by atoms with Crippen LogP contribution < -0.4 is 5.32 Å². The summed E-state index contributed by atoms with van der Waals surface area (Å²) >= 11 is 0. The van der Waals surface area contributed by atoms with E-state index in [0.717, 1.165) is 24.3 Å². The lowest BCUT2D eigenvalue weighted by Crippen LogP contribution is -2.48. The largest absolute Gasteiger partial charge is 0.508 e. The van der Waals surface area contributed by atoms with Gasteiger partial charge in [0.05, 0.1) is 29.4 Å². The van der Waals surface area contributed by atoms with Gasteiger partial charge >= 0.3 is 5.97 Å². The summed E-state index contributed by atoms with van der Waals surface area (Å²) in [6, 6.07) is 3.73. The van der Waals surface area contributed by atoms with Crippen LogP contribution >= 0.6 is 0 Å². The van der Waals surface area contributed by atoms with Gasteiger partial charge < -0.3 is 51.3 Å². The zero-order valence-electron chi connectivity index (χ0n) is 18.3. The third kappa shape index (κ3) is 5.74. The van der Waals surface area contributed by atoms with Crippen molar-refractivity contribution in [2.45, 2.75) is 24.4 Å². The number of aliphatic hydroxyl groups is 5. The van der Waals surface area contributed by atoms with Crippen molar-refractivity contribution in [2.75, 3.05) is 20.2 Å². The monoisotopic (exact) mass is 495 g/mol. The molecule has 0 spiro atoms. The van der Waals surface area contributed by atoms with Gasteiger partial charge in [0.25, 0.3) is 0 Å². The SMILES string of the molecule is CNCC(O)C(O)C(O)C(O)CO.O=C(O)c1cc(O)c2c(c1)C(=O)c1cc(O)cc(O)c1C2=O. The highest BCUT2D eigenvalue weighted by atomic mass is 16.4. The van der Waals surface area contributed by atoms with Crippen LogP contribution in [0.3, 0.4) is 0 Å². The van der Waals surface area contributed by atoms with Crippen molar-refractivity contribution in [2.24, 2.45) is 0 Å². The molecule has 13 heteroatoms. The molecule has 0 aliphatic heterocycles. The van der Waals surface area contributed by atoms with Crippen LogP contribution in [0.2, 0.25) is 0 Å². The first-order chi connectivity index (χ1) is 16.3. The maximum atomic E-state index is 12.4. The number of hydrogen-bond acceptors (Lipinski definition) is 12. The summed E-state index contributed by atoms with van der Waals surface area (Å²) in [5, 5.41) is 85.5. The van der Waals surface area contributed by atoms with Gasteiger partial charge in [0.15, 0.2) is 5.78 Å². The maximum Gasteiger partial charge on any atom is 0.335 e. The Morgan fingerprint density at radius 2 is 1.34 bits per heavy atom. The van der Waals surface area contributed by atoms with Crippen molar-refractivity contribution in [1.29, 1.82) is 0 Å². The highest BCUT2D eigenvalue weighted by Crippen LogP contribution is 2.39. The lowest BCUT2D eigenvalue weighted by molar-refractivity contribution is -0.113. The number of fused-ring (bicyclic) bond motifs is 2. The summed E-state index contributed by atoms with van der Waals surface area (Å²) in [5.74, 6) is -4.64. The molecule has 13 nitrogen and oxygen atoms in total. The number of carboxylic acid groups (broad SMARTS) is 1. The third-order valence-electron chi connectivity index (χ3n) is 5.15. The number of nitrogens with one attached hydrogen (secondary N) is 1. The Kier molecular flexibility index (Phi) is 8.87. The predicted molar refractivity (Wildman–Crippen MR) is 117 cm³/mol. The minimum Gasteiger partial charge on any atom is -0.508 e. The Morgan fingerprint density at radius 1 is 0.829 bits per heavy atom. The number of carbonyl (C=O) groups excluding carboxylic acids is 2. The van der Waals surface area contributed by atoms with E-state index in [4.69, 9.17) is 25.5 Å². The molecule has 0 aromatic heterocycles. The van der Waals surface area contributed by atoms with E-state index >= 15 is 0 Å². The van der Waals surface area contributed by atoms with Crippen LogP contribution in [0, 0.1) is 0 Å². The first kappa shape index (κ1) is 27.7. The molecule has 10 N–H and O–H groups in total. The molecular weight excluding hydrogens is 470 g/mol. The Labute approximate surface area is 197 Å². The van der Waals surface area contributed by atoms with Crippen LogP contribution in [0.25, 0.3) is 0 Å². The van der Waals surface area contributed by atoms with Crippen molar-refractivity contribution in [3.8, 4) is 17.2 Å². The summed E-state index contributed by atoms with van der Waals surface area (Å²) in [5.41, 5.74) is -1.61. The van der Waals surface area contributed by atoms with Crippen LogP contribution in [0.15, 0.2) is 24.3 Å². The van der Waals surface area contributed by atoms with E-state index in [1.807, 2.05) is 0 Å². The topological polar surface area (TPSA) is 245 Å². The Hall–Kier alpha value is -3.59. The molecule has 35 heavy (non-hydrogen) atoms. The number of aliphatic hydroxyl groups excluding tert-OH is 5. The summed E-state index contributed by atoms with van der Waals surface area (Å²) in [4.78, 5) is 35.8. The molecule has 1 aliphatic carbocycles. The van der Waals surface area contributed by atoms with E-state index in [0.29, 0.717) is 0 Å². The van der Waals surface area contributed by atoms with E-state index < -0.39 is 65.8 Å². The third-order valence-corrected chi connectivity index (χ3v) is 5.15. The molecule has 2 aromatic carbocycles. The number of rotatable bonds is 7. The molecule has 1 aliphatic rings. The number of hydrogen-bond donors (Lipinski definition) is 10. The number of carboxylic acids is 1. The first-order valence-corrected chi connectivity index (χ1v) is 10.1. The number of benzene rings is 2. The van der Waals surface area contributed by atoms with Crippen LogP contribution in [-0.4, -0.2) is 108 Å². The Morgan fingerprint density at radius 3 is 1.86 bits per heavy atom. The van der Waals surface area contributed by atoms with Gasteiger partial charge in [-0.3, -0.25) is 9.59 Å². The second-order valence-electron chi connectivity index (χ2n) is 7.62. The van der Waals surface area contributed by atoms with E-state index in [2.05, 4.69) is 5.32 Å².